The van der Waals surface area contributed by atoms with Gasteiger partial charge in [-0.2, -0.15) is 0 Å². The quantitative estimate of drug-likeness (QED) is 0.489. The third kappa shape index (κ3) is 5.27. The highest BCUT2D eigenvalue weighted by molar-refractivity contribution is 5.94. The Balaban J connectivity index is 1.53. The average Bonchev–Trinajstić information content (AvgIpc) is 3.55. The van der Waals surface area contributed by atoms with Gasteiger partial charge >= 0.3 is 0 Å². The Kier molecular flexibility index (Phi) is 7.29. The van der Waals surface area contributed by atoms with Gasteiger partial charge in [-0.15, -0.1) is 0 Å². The van der Waals surface area contributed by atoms with E-state index in [0.29, 0.717) is 35.9 Å². The maximum atomic E-state index is 14.6. The normalized spacial score (nSPS) is 18.5. The fourth-order valence-electron chi connectivity index (χ4n) is 4.78. The Morgan fingerprint density at radius 1 is 1.08 bits per heavy atom. The number of amides is 1. The average molecular weight is 497 g/mol. The number of nitrogens with zero attached hydrogens (tertiary/aromatic N) is 4. The molecule has 1 unspecified atom stereocenters. The van der Waals surface area contributed by atoms with Crippen molar-refractivity contribution >= 4 is 11.8 Å². The largest absolute Gasteiger partial charge is 0.376 e. The number of benzene rings is 2. The first kappa shape index (κ1) is 24.4. The maximum Gasteiger partial charge on any atom is 0.257 e. The summed E-state index contributed by atoms with van der Waals surface area (Å²) >= 11 is 0. The van der Waals surface area contributed by atoms with Crippen LogP contribution in [0.3, 0.4) is 0 Å². The molecule has 36 heavy (non-hydrogen) atoms. The molecule has 1 aromatic heterocycles. The first-order valence-electron chi connectivity index (χ1n) is 12.3. The number of anilines is 1. The highest BCUT2D eigenvalue weighted by Gasteiger charge is 2.31. The molecule has 2 aliphatic heterocycles. The minimum atomic E-state index is -0.566. The van der Waals surface area contributed by atoms with Crippen molar-refractivity contribution in [1.82, 2.24) is 15.0 Å². The first-order chi connectivity index (χ1) is 17.5. The maximum absolute atomic E-state index is 14.6. The summed E-state index contributed by atoms with van der Waals surface area (Å²) in [6.07, 6.45) is 1.63. The fraction of sp³-hybridized carbons (Fsp3) is 0.407. The van der Waals surface area contributed by atoms with Crippen LogP contribution >= 0.6 is 0 Å². The molecule has 2 aromatic carbocycles. The van der Waals surface area contributed by atoms with Crippen LogP contribution in [-0.4, -0.2) is 73.3 Å². The second kappa shape index (κ2) is 10.8. The third-order valence-corrected chi connectivity index (χ3v) is 6.86. The number of carbonyl (C=O) groups excluding carboxylic acids is 1. The molecule has 0 N–H and O–H groups in total. The van der Waals surface area contributed by atoms with E-state index in [1.165, 1.54) is 24.3 Å². The standard InChI is InChI=1S/C27H30F2N4O3/c1-31-12-14-32(15-13-31)27-23(25(30-36-27)19-8-10-20(28)11-9-19)18-33(17-21-5-4-16-35-21)26(34)22-6-2-3-7-24(22)29/h2-3,6-11,21H,4-5,12-18H2,1H3. The van der Waals surface area contributed by atoms with E-state index in [1.54, 1.807) is 29.2 Å². The molecule has 1 atom stereocenters. The highest BCUT2D eigenvalue weighted by atomic mass is 19.1. The molecule has 2 fully saturated rings. The Bertz CT molecular complexity index is 1190. The molecule has 7 nitrogen and oxygen atoms in total. The van der Waals surface area contributed by atoms with Gasteiger partial charge in [0, 0.05) is 44.9 Å². The number of hydrogen-bond donors (Lipinski definition) is 0. The van der Waals surface area contributed by atoms with Crippen molar-refractivity contribution in [1.29, 1.82) is 0 Å². The lowest BCUT2D eigenvalue weighted by molar-refractivity contribution is 0.0504. The number of piperazine rings is 1. The fourth-order valence-corrected chi connectivity index (χ4v) is 4.78. The molecule has 9 heteroatoms. The zero-order chi connectivity index (χ0) is 25.1. The summed E-state index contributed by atoms with van der Waals surface area (Å²) in [6.45, 7) is 4.34. The van der Waals surface area contributed by atoms with Gasteiger partial charge in [-0.1, -0.05) is 17.3 Å². The second-order valence-electron chi connectivity index (χ2n) is 9.41. The van der Waals surface area contributed by atoms with E-state index in [0.717, 1.165) is 39.0 Å². The van der Waals surface area contributed by atoms with Crippen LogP contribution in [0.4, 0.5) is 14.7 Å². The van der Waals surface area contributed by atoms with Crippen molar-refractivity contribution in [2.45, 2.75) is 25.5 Å². The van der Waals surface area contributed by atoms with Gasteiger partial charge in [-0.05, 0) is 56.3 Å². The lowest BCUT2D eigenvalue weighted by Gasteiger charge is -2.33. The van der Waals surface area contributed by atoms with Crippen molar-refractivity contribution in [2.24, 2.45) is 0 Å². The molecule has 0 aliphatic carbocycles. The zero-order valence-corrected chi connectivity index (χ0v) is 20.3. The topological polar surface area (TPSA) is 62.1 Å². The van der Waals surface area contributed by atoms with Crippen LogP contribution in [0, 0.1) is 11.6 Å². The van der Waals surface area contributed by atoms with Crippen molar-refractivity contribution < 1.29 is 22.8 Å². The number of carbonyl (C=O) groups is 1. The van der Waals surface area contributed by atoms with Crippen LogP contribution in [-0.2, 0) is 11.3 Å². The second-order valence-corrected chi connectivity index (χ2v) is 9.41. The molecule has 5 rings (SSSR count). The molecule has 0 radical (unpaired) electrons. The smallest absolute Gasteiger partial charge is 0.257 e. The SMILES string of the molecule is CN1CCN(c2onc(-c3ccc(F)cc3)c2CN(CC2CCCO2)C(=O)c2ccccc2F)CC1. The van der Waals surface area contributed by atoms with Gasteiger partial charge in [-0.3, -0.25) is 4.79 Å². The Hall–Kier alpha value is -3.30. The van der Waals surface area contributed by atoms with E-state index in [2.05, 4.69) is 22.0 Å². The summed E-state index contributed by atoms with van der Waals surface area (Å²) in [7, 11) is 2.07. The van der Waals surface area contributed by atoms with Gasteiger partial charge in [0.2, 0.25) is 5.88 Å². The molecule has 1 amide bonds. The van der Waals surface area contributed by atoms with E-state index in [4.69, 9.17) is 9.26 Å². The molecular formula is C27H30F2N4O3. The predicted molar refractivity (Wildman–Crippen MR) is 132 cm³/mol. The molecule has 190 valence electrons. The van der Waals surface area contributed by atoms with Gasteiger partial charge in [0.25, 0.3) is 5.91 Å². The van der Waals surface area contributed by atoms with Crippen LogP contribution in [0.2, 0.25) is 0 Å². The van der Waals surface area contributed by atoms with Crippen molar-refractivity contribution in [3.05, 3.63) is 71.3 Å². The molecule has 2 aliphatic rings. The predicted octanol–water partition coefficient (Wildman–Crippen LogP) is 4.19. The van der Waals surface area contributed by atoms with Gasteiger partial charge in [0.1, 0.15) is 17.3 Å². The first-order valence-corrected chi connectivity index (χ1v) is 12.3. The summed E-state index contributed by atoms with van der Waals surface area (Å²) in [5.41, 5.74) is 1.96. The number of halogens is 2. The number of aromatic nitrogens is 1. The molecule has 3 aromatic rings. The molecular weight excluding hydrogens is 466 g/mol. The van der Waals surface area contributed by atoms with Crippen LogP contribution in [0.5, 0.6) is 0 Å². The summed E-state index contributed by atoms with van der Waals surface area (Å²) in [5.74, 6) is -0.749. The molecule has 0 spiro atoms. The molecule has 0 bridgehead atoms. The summed E-state index contributed by atoms with van der Waals surface area (Å²) < 4.78 is 39.9. The highest BCUT2D eigenvalue weighted by Crippen LogP contribution is 2.34. The van der Waals surface area contributed by atoms with E-state index in [9.17, 15) is 13.6 Å². The number of likely N-dealkylation sites (N-methyl/N-ethyl adjacent to an activating group) is 1. The summed E-state index contributed by atoms with van der Waals surface area (Å²) in [4.78, 5) is 19.6. The van der Waals surface area contributed by atoms with E-state index in [-0.39, 0.29) is 24.0 Å². The monoisotopic (exact) mass is 496 g/mol. The Morgan fingerprint density at radius 2 is 1.83 bits per heavy atom. The van der Waals surface area contributed by atoms with Crippen molar-refractivity contribution in [3.8, 4) is 11.3 Å². The minimum absolute atomic E-state index is 0.0106. The van der Waals surface area contributed by atoms with Crippen LogP contribution < -0.4 is 4.90 Å². The van der Waals surface area contributed by atoms with Gasteiger partial charge in [-0.25, -0.2) is 8.78 Å². The summed E-state index contributed by atoms with van der Waals surface area (Å²) in [5, 5.41) is 4.35. The summed E-state index contributed by atoms with van der Waals surface area (Å²) in [6, 6.07) is 12.0. The van der Waals surface area contributed by atoms with Gasteiger partial charge in [0.15, 0.2) is 0 Å². The van der Waals surface area contributed by atoms with E-state index >= 15 is 0 Å². The van der Waals surface area contributed by atoms with E-state index in [1.807, 2.05) is 0 Å². The number of ether oxygens (including phenoxy) is 1. The van der Waals surface area contributed by atoms with Crippen molar-refractivity contribution in [2.75, 3.05) is 51.3 Å². The van der Waals surface area contributed by atoms with E-state index < -0.39 is 11.7 Å². The molecule has 0 saturated carbocycles. The zero-order valence-electron chi connectivity index (χ0n) is 20.3. The molecule has 3 heterocycles. The Morgan fingerprint density at radius 3 is 2.53 bits per heavy atom. The minimum Gasteiger partial charge on any atom is -0.376 e. The number of rotatable bonds is 7. The Labute approximate surface area is 209 Å². The molecule has 2 saturated heterocycles. The third-order valence-electron chi connectivity index (χ3n) is 6.86. The van der Waals surface area contributed by atoms with Crippen LogP contribution in [0.25, 0.3) is 11.3 Å². The van der Waals surface area contributed by atoms with Crippen LogP contribution in [0.15, 0.2) is 53.1 Å². The number of hydrogen-bond acceptors (Lipinski definition) is 6. The van der Waals surface area contributed by atoms with Gasteiger partial charge in [0.05, 0.1) is 23.8 Å². The lowest BCUT2D eigenvalue weighted by Crippen LogP contribution is -2.45. The van der Waals surface area contributed by atoms with Crippen molar-refractivity contribution in [3.63, 3.8) is 0 Å². The lowest BCUT2D eigenvalue weighted by atomic mass is 10.0. The van der Waals surface area contributed by atoms with Gasteiger partial charge < -0.3 is 24.0 Å². The van der Waals surface area contributed by atoms with Crippen LogP contribution in [0.1, 0.15) is 28.8 Å².